The van der Waals surface area contributed by atoms with Crippen molar-refractivity contribution < 1.29 is 22.5 Å². The van der Waals surface area contributed by atoms with E-state index in [1.807, 2.05) is 13.0 Å². The lowest BCUT2D eigenvalue weighted by Crippen LogP contribution is -3.00. The summed E-state index contributed by atoms with van der Waals surface area (Å²) in [5.74, 6) is -0.162. The lowest BCUT2D eigenvalue weighted by molar-refractivity contribution is -0.420. The third-order valence-electron chi connectivity index (χ3n) is 1.44. The largest absolute Gasteiger partial charge is 1.00 e. The van der Waals surface area contributed by atoms with Crippen molar-refractivity contribution >= 4 is 0 Å². The summed E-state index contributed by atoms with van der Waals surface area (Å²) in [6.45, 7) is 1.87. The first-order valence-corrected chi connectivity index (χ1v) is 3.29. The topological polar surface area (TPSA) is 27.6 Å². The van der Waals surface area contributed by atoms with Crippen LogP contribution in [0.3, 0.4) is 0 Å². The number of quaternary nitrogens is 1. The van der Waals surface area contributed by atoms with Gasteiger partial charge in [0.2, 0.25) is 0 Å². The van der Waals surface area contributed by atoms with Crippen LogP contribution < -0.4 is 18.1 Å². The van der Waals surface area contributed by atoms with Gasteiger partial charge in [0, 0.05) is 5.56 Å². The molecule has 0 unspecified atom stereocenters. The zero-order valence-corrected chi connectivity index (χ0v) is 7.11. The SMILES string of the molecule is C[C@H]([NH3+])c1ccccc1F.[Cl-]. The molecule has 3 heteroatoms. The maximum Gasteiger partial charge on any atom is 0.132 e. The molecule has 1 nitrogen and oxygen atoms in total. The first kappa shape index (κ1) is 10.4. The summed E-state index contributed by atoms with van der Waals surface area (Å²) in [5.41, 5.74) is 4.41. The first-order valence-electron chi connectivity index (χ1n) is 3.29. The third kappa shape index (κ3) is 2.48. The fourth-order valence-electron chi connectivity index (χ4n) is 0.875. The van der Waals surface area contributed by atoms with Gasteiger partial charge in [-0.05, 0) is 13.0 Å². The molecule has 0 spiro atoms. The van der Waals surface area contributed by atoms with Crippen molar-refractivity contribution in [2.24, 2.45) is 0 Å². The molecule has 1 rings (SSSR count). The van der Waals surface area contributed by atoms with Gasteiger partial charge in [0.25, 0.3) is 0 Å². The normalized spacial score (nSPS) is 11.9. The van der Waals surface area contributed by atoms with E-state index < -0.39 is 0 Å². The van der Waals surface area contributed by atoms with Gasteiger partial charge in [0.05, 0.1) is 0 Å². The van der Waals surface area contributed by atoms with Crippen molar-refractivity contribution in [2.75, 3.05) is 0 Å². The Labute approximate surface area is 71.8 Å². The molecule has 11 heavy (non-hydrogen) atoms. The molecule has 3 N–H and O–H groups in total. The van der Waals surface area contributed by atoms with Gasteiger partial charge in [-0.3, -0.25) is 0 Å². The van der Waals surface area contributed by atoms with Crippen LogP contribution in [0.1, 0.15) is 18.5 Å². The van der Waals surface area contributed by atoms with Gasteiger partial charge < -0.3 is 18.1 Å². The summed E-state index contributed by atoms with van der Waals surface area (Å²) in [5, 5.41) is 0. The van der Waals surface area contributed by atoms with Crippen molar-refractivity contribution in [3.05, 3.63) is 35.6 Å². The lowest BCUT2D eigenvalue weighted by Gasteiger charge is -2.01. The second kappa shape index (κ2) is 4.31. The van der Waals surface area contributed by atoms with E-state index in [2.05, 4.69) is 5.73 Å². The maximum atomic E-state index is 12.8. The second-order valence-corrected chi connectivity index (χ2v) is 2.42. The smallest absolute Gasteiger partial charge is 0.132 e. The van der Waals surface area contributed by atoms with E-state index in [0.717, 1.165) is 0 Å². The van der Waals surface area contributed by atoms with Crippen molar-refractivity contribution in [3.8, 4) is 0 Å². The quantitative estimate of drug-likeness (QED) is 0.518. The van der Waals surface area contributed by atoms with E-state index in [-0.39, 0.29) is 24.3 Å². The number of hydrogen-bond acceptors (Lipinski definition) is 0. The summed E-state index contributed by atoms with van der Waals surface area (Å²) < 4.78 is 12.8. The molecule has 0 aliphatic carbocycles. The van der Waals surface area contributed by atoms with Crippen molar-refractivity contribution in [3.63, 3.8) is 0 Å². The van der Waals surface area contributed by atoms with Crippen molar-refractivity contribution in [1.82, 2.24) is 0 Å². The third-order valence-corrected chi connectivity index (χ3v) is 1.44. The Morgan fingerprint density at radius 1 is 1.36 bits per heavy atom. The Kier molecular flexibility index (Phi) is 4.08. The molecule has 0 aliphatic heterocycles. The van der Waals surface area contributed by atoms with E-state index in [1.165, 1.54) is 6.07 Å². The predicted octanol–water partition coefficient (Wildman–Crippen LogP) is -1.87. The minimum atomic E-state index is -0.162. The summed E-state index contributed by atoms with van der Waals surface area (Å²) >= 11 is 0. The molecule has 0 bridgehead atoms. The number of benzene rings is 1. The fraction of sp³-hybridized carbons (Fsp3) is 0.250. The number of rotatable bonds is 1. The molecule has 0 saturated heterocycles. The summed E-state index contributed by atoms with van der Waals surface area (Å²) in [7, 11) is 0. The van der Waals surface area contributed by atoms with Crippen LogP contribution in [0.25, 0.3) is 0 Å². The summed E-state index contributed by atoms with van der Waals surface area (Å²) in [4.78, 5) is 0. The lowest BCUT2D eigenvalue weighted by atomic mass is 10.1. The Bertz CT molecular complexity index is 225. The van der Waals surface area contributed by atoms with Crippen molar-refractivity contribution in [2.45, 2.75) is 13.0 Å². The van der Waals surface area contributed by atoms with Crippen LogP contribution in [-0.2, 0) is 0 Å². The van der Waals surface area contributed by atoms with E-state index in [4.69, 9.17) is 0 Å². The van der Waals surface area contributed by atoms with Gasteiger partial charge >= 0.3 is 0 Å². The minimum Gasteiger partial charge on any atom is -1.00 e. The van der Waals surface area contributed by atoms with Gasteiger partial charge in [0.15, 0.2) is 0 Å². The predicted molar refractivity (Wildman–Crippen MR) is 37.7 cm³/mol. The molecular formula is C8H11ClFN. The van der Waals surface area contributed by atoms with Crippen LogP contribution in [0.15, 0.2) is 24.3 Å². The highest BCUT2D eigenvalue weighted by molar-refractivity contribution is 5.18. The Balaban J connectivity index is 0.000001000. The molecule has 0 radical (unpaired) electrons. The molecular weight excluding hydrogens is 165 g/mol. The molecule has 0 amide bonds. The molecule has 0 fully saturated rings. The van der Waals surface area contributed by atoms with Crippen LogP contribution in [-0.4, -0.2) is 0 Å². The average Bonchev–Trinajstić information content (AvgIpc) is 1.88. The van der Waals surface area contributed by atoms with Gasteiger partial charge in [-0.25, -0.2) is 4.39 Å². The van der Waals surface area contributed by atoms with Crippen LogP contribution in [0.4, 0.5) is 4.39 Å². The summed E-state index contributed by atoms with van der Waals surface area (Å²) in [6.07, 6.45) is 0. The first-order chi connectivity index (χ1) is 4.72. The highest BCUT2D eigenvalue weighted by Crippen LogP contribution is 2.11. The maximum absolute atomic E-state index is 12.8. The molecule has 0 aliphatic rings. The van der Waals surface area contributed by atoms with Gasteiger partial charge in [-0.2, -0.15) is 0 Å². The van der Waals surface area contributed by atoms with E-state index in [1.54, 1.807) is 12.1 Å². The van der Waals surface area contributed by atoms with E-state index >= 15 is 0 Å². The molecule has 62 valence electrons. The fourth-order valence-corrected chi connectivity index (χ4v) is 0.875. The second-order valence-electron chi connectivity index (χ2n) is 2.42. The molecule has 1 aromatic carbocycles. The monoisotopic (exact) mass is 175 g/mol. The Morgan fingerprint density at radius 2 is 1.91 bits per heavy atom. The van der Waals surface area contributed by atoms with E-state index in [0.29, 0.717) is 5.56 Å². The van der Waals surface area contributed by atoms with Gasteiger partial charge in [0.1, 0.15) is 11.9 Å². The minimum absolute atomic E-state index is 0. The van der Waals surface area contributed by atoms with E-state index in [9.17, 15) is 4.39 Å². The van der Waals surface area contributed by atoms with Gasteiger partial charge in [-0.1, -0.05) is 18.2 Å². The van der Waals surface area contributed by atoms with Crippen LogP contribution >= 0.6 is 0 Å². The van der Waals surface area contributed by atoms with Crippen LogP contribution in [0.5, 0.6) is 0 Å². The molecule has 1 aromatic rings. The summed E-state index contributed by atoms with van der Waals surface area (Å²) in [6, 6.07) is 6.74. The standard InChI is InChI=1S/C8H10FN.ClH/c1-6(10)7-4-2-3-5-8(7)9;/h2-6H,10H2,1H3;1H/t6-;/m0./s1. The zero-order chi connectivity index (χ0) is 7.56. The molecule has 0 saturated carbocycles. The average molecular weight is 176 g/mol. The number of halogens is 2. The van der Waals surface area contributed by atoms with Crippen molar-refractivity contribution in [1.29, 1.82) is 0 Å². The van der Waals surface area contributed by atoms with Crippen LogP contribution in [0.2, 0.25) is 0 Å². The van der Waals surface area contributed by atoms with Crippen LogP contribution in [0, 0.1) is 5.82 Å². The molecule has 1 atom stereocenters. The molecule has 0 heterocycles. The Morgan fingerprint density at radius 3 is 2.27 bits per heavy atom. The highest BCUT2D eigenvalue weighted by Gasteiger charge is 2.06. The number of hydrogen-bond donors (Lipinski definition) is 1. The zero-order valence-electron chi connectivity index (χ0n) is 6.35. The molecule has 0 aromatic heterocycles. The highest BCUT2D eigenvalue weighted by atomic mass is 35.5. The Hall–Kier alpha value is -0.600. The van der Waals surface area contributed by atoms with Gasteiger partial charge in [-0.15, -0.1) is 0 Å².